The summed E-state index contributed by atoms with van der Waals surface area (Å²) in [6.45, 7) is 5.40. The fraction of sp³-hybridized carbons (Fsp3) is 0.538. The molecule has 2 rings (SSSR count). The van der Waals surface area contributed by atoms with Crippen molar-refractivity contribution in [2.45, 2.75) is 25.3 Å². The summed E-state index contributed by atoms with van der Waals surface area (Å²) >= 11 is 9.90. The average Bonchev–Trinajstić information content (AvgIpc) is 2.27. The molecule has 0 aromatic heterocycles. The van der Waals surface area contributed by atoms with Crippen LogP contribution in [-0.2, 0) is 6.54 Å². The van der Waals surface area contributed by atoms with Gasteiger partial charge in [-0.1, -0.05) is 41.1 Å². The molecule has 1 saturated heterocycles. The maximum Gasteiger partial charge on any atom is 0.0489 e. The first kappa shape index (κ1) is 12.4. The molecule has 2 unspecified atom stereocenters. The number of halogens is 2. The zero-order valence-corrected chi connectivity index (χ0v) is 11.8. The van der Waals surface area contributed by atoms with Gasteiger partial charge in [-0.15, -0.1) is 11.6 Å². The number of rotatable bonds is 2. The lowest BCUT2D eigenvalue weighted by Gasteiger charge is -2.34. The Bertz CT molecular complexity index is 356. The number of hydrogen-bond acceptors (Lipinski definition) is 1. The highest BCUT2D eigenvalue weighted by Crippen LogP contribution is 2.25. The molecule has 1 aliphatic rings. The van der Waals surface area contributed by atoms with Crippen LogP contribution >= 0.6 is 27.5 Å². The van der Waals surface area contributed by atoms with Gasteiger partial charge in [0.25, 0.3) is 0 Å². The molecule has 0 N–H and O–H groups in total. The second kappa shape index (κ2) is 5.52. The molecule has 16 heavy (non-hydrogen) atoms. The van der Waals surface area contributed by atoms with Gasteiger partial charge >= 0.3 is 0 Å². The zero-order valence-electron chi connectivity index (χ0n) is 9.50. The van der Waals surface area contributed by atoms with Crippen LogP contribution < -0.4 is 0 Å². The molecule has 0 amide bonds. The summed E-state index contributed by atoms with van der Waals surface area (Å²) in [4.78, 5) is 2.44. The highest BCUT2D eigenvalue weighted by molar-refractivity contribution is 9.10. The Balaban J connectivity index is 1.98. The topological polar surface area (TPSA) is 3.24 Å². The van der Waals surface area contributed by atoms with Gasteiger partial charge in [0.1, 0.15) is 0 Å². The average molecular weight is 303 g/mol. The minimum atomic E-state index is 0.302. The smallest absolute Gasteiger partial charge is 0.0489 e. The number of benzene rings is 1. The minimum Gasteiger partial charge on any atom is -0.298 e. The van der Waals surface area contributed by atoms with Crippen molar-refractivity contribution >= 4 is 27.5 Å². The van der Waals surface area contributed by atoms with E-state index in [0.29, 0.717) is 11.3 Å². The van der Waals surface area contributed by atoms with Crippen LogP contribution in [0.25, 0.3) is 0 Å². The van der Waals surface area contributed by atoms with Crippen LogP contribution in [0.1, 0.15) is 18.9 Å². The Morgan fingerprint density at radius 2 is 2.19 bits per heavy atom. The van der Waals surface area contributed by atoms with E-state index in [4.69, 9.17) is 11.6 Å². The van der Waals surface area contributed by atoms with E-state index >= 15 is 0 Å². The van der Waals surface area contributed by atoms with E-state index in [0.717, 1.165) is 19.6 Å². The highest BCUT2D eigenvalue weighted by atomic mass is 79.9. The molecule has 0 radical (unpaired) electrons. The van der Waals surface area contributed by atoms with Crippen molar-refractivity contribution in [2.75, 3.05) is 13.1 Å². The maximum absolute atomic E-state index is 6.31. The first-order valence-corrected chi connectivity index (χ1v) is 6.99. The summed E-state index contributed by atoms with van der Waals surface area (Å²) < 4.78 is 1.19. The molecule has 0 bridgehead atoms. The number of nitrogens with zero attached hydrogens (tertiary/aromatic N) is 1. The van der Waals surface area contributed by atoms with Gasteiger partial charge in [-0.05, 0) is 30.5 Å². The molecule has 1 aliphatic heterocycles. The molecule has 1 nitrogen and oxygen atoms in total. The normalized spacial score (nSPS) is 26.9. The van der Waals surface area contributed by atoms with Crippen molar-refractivity contribution in [1.82, 2.24) is 4.90 Å². The molecule has 0 aliphatic carbocycles. The molecule has 3 heteroatoms. The first-order chi connectivity index (χ1) is 7.66. The Morgan fingerprint density at radius 3 is 2.88 bits per heavy atom. The van der Waals surface area contributed by atoms with E-state index in [2.05, 4.69) is 52.0 Å². The molecular formula is C13H17BrClN. The van der Waals surface area contributed by atoms with Gasteiger partial charge in [0, 0.05) is 22.9 Å². The summed E-state index contributed by atoms with van der Waals surface area (Å²) in [6, 6.07) is 8.41. The highest BCUT2D eigenvalue weighted by Gasteiger charge is 2.24. The third-order valence-electron chi connectivity index (χ3n) is 3.30. The van der Waals surface area contributed by atoms with Crippen molar-refractivity contribution in [1.29, 1.82) is 0 Å². The largest absolute Gasteiger partial charge is 0.298 e. The Morgan fingerprint density at radius 1 is 1.44 bits per heavy atom. The zero-order chi connectivity index (χ0) is 11.5. The lowest BCUT2D eigenvalue weighted by atomic mass is 9.98. The maximum atomic E-state index is 6.31. The Hall–Kier alpha value is -0.0500. The summed E-state index contributed by atoms with van der Waals surface area (Å²) in [6.07, 6.45) is 1.21. The summed E-state index contributed by atoms with van der Waals surface area (Å²) in [7, 11) is 0. The molecular weight excluding hydrogens is 286 g/mol. The molecule has 0 saturated carbocycles. The van der Waals surface area contributed by atoms with Crippen LogP contribution in [0.15, 0.2) is 28.7 Å². The summed E-state index contributed by atoms with van der Waals surface area (Å²) in [5.74, 6) is 0.650. The summed E-state index contributed by atoms with van der Waals surface area (Å²) in [5.41, 5.74) is 1.35. The number of piperidine rings is 1. The van der Waals surface area contributed by atoms with E-state index in [1.54, 1.807) is 0 Å². The second-order valence-corrected chi connectivity index (χ2v) is 6.02. The van der Waals surface area contributed by atoms with Crippen molar-refractivity contribution in [3.05, 3.63) is 34.3 Å². The molecule has 1 heterocycles. The van der Waals surface area contributed by atoms with Gasteiger partial charge in [-0.3, -0.25) is 4.90 Å². The lowest BCUT2D eigenvalue weighted by molar-refractivity contribution is 0.189. The van der Waals surface area contributed by atoms with E-state index < -0.39 is 0 Å². The van der Waals surface area contributed by atoms with Gasteiger partial charge in [-0.2, -0.15) is 0 Å². The number of likely N-dealkylation sites (tertiary alicyclic amines) is 1. The van der Waals surface area contributed by atoms with Crippen LogP contribution in [0, 0.1) is 5.92 Å². The summed E-state index contributed by atoms with van der Waals surface area (Å²) in [5, 5.41) is 0.302. The van der Waals surface area contributed by atoms with Crippen LogP contribution in [0.5, 0.6) is 0 Å². The van der Waals surface area contributed by atoms with Crippen LogP contribution in [0.3, 0.4) is 0 Å². The Kier molecular flexibility index (Phi) is 4.28. The molecule has 1 fully saturated rings. The quantitative estimate of drug-likeness (QED) is 0.749. The predicted molar refractivity (Wildman–Crippen MR) is 72.8 cm³/mol. The number of alkyl halides is 1. The minimum absolute atomic E-state index is 0.302. The third-order valence-corrected chi connectivity index (χ3v) is 4.64. The van der Waals surface area contributed by atoms with E-state index in [1.165, 1.54) is 16.5 Å². The van der Waals surface area contributed by atoms with E-state index in [-0.39, 0.29) is 0 Å². The number of hydrogen-bond donors (Lipinski definition) is 0. The second-order valence-electron chi connectivity index (χ2n) is 4.61. The molecule has 88 valence electrons. The molecule has 2 atom stereocenters. The molecule has 1 aromatic carbocycles. The fourth-order valence-electron chi connectivity index (χ4n) is 2.10. The van der Waals surface area contributed by atoms with Gasteiger partial charge in [0.15, 0.2) is 0 Å². The fourth-order valence-corrected chi connectivity index (χ4v) is 2.83. The van der Waals surface area contributed by atoms with Crippen LogP contribution in [0.4, 0.5) is 0 Å². The van der Waals surface area contributed by atoms with Gasteiger partial charge in [0.05, 0.1) is 0 Å². The van der Waals surface area contributed by atoms with Crippen molar-refractivity contribution in [3.8, 4) is 0 Å². The lowest BCUT2D eigenvalue weighted by Crippen LogP contribution is -2.39. The molecule has 1 aromatic rings. The SMILES string of the molecule is CC1CCN(Cc2ccccc2Br)CC1Cl. The standard InChI is InChI=1S/C13H17BrClN/c1-10-6-7-16(9-13(10)15)8-11-4-2-3-5-12(11)14/h2-5,10,13H,6-9H2,1H3. The van der Waals surface area contributed by atoms with E-state index in [1.807, 2.05) is 0 Å². The first-order valence-electron chi connectivity index (χ1n) is 5.76. The van der Waals surface area contributed by atoms with Crippen LogP contribution in [0.2, 0.25) is 0 Å². The third kappa shape index (κ3) is 2.99. The van der Waals surface area contributed by atoms with Crippen LogP contribution in [-0.4, -0.2) is 23.4 Å². The van der Waals surface area contributed by atoms with Gasteiger partial charge in [0.2, 0.25) is 0 Å². The van der Waals surface area contributed by atoms with E-state index in [9.17, 15) is 0 Å². The van der Waals surface area contributed by atoms with Crippen molar-refractivity contribution in [3.63, 3.8) is 0 Å². The monoisotopic (exact) mass is 301 g/mol. The Labute approximate surface area is 111 Å². The van der Waals surface area contributed by atoms with Crippen molar-refractivity contribution < 1.29 is 0 Å². The van der Waals surface area contributed by atoms with Gasteiger partial charge < -0.3 is 0 Å². The predicted octanol–water partition coefficient (Wildman–Crippen LogP) is 3.90. The van der Waals surface area contributed by atoms with Crippen molar-refractivity contribution in [2.24, 2.45) is 5.92 Å². The molecule has 0 spiro atoms. The van der Waals surface area contributed by atoms with Gasteiger partial charge in [-0.25, -0.2) is 0 Å².